The van der Waals surface area contributed by atoms with E-state index in [4.69, 9.17) is 23.2 Å². The molecule has 0 radical (unpaired) electrons. The van der Waals surface area contributed by atoms with Crippen molar-refractivity contribution in [3.63, 3.8) is 0 Å². The van der Waals surface area contributed by atoms with Crippen LogP contribution in [0, 0.1) is 22.7 Å². The lowest BCUT2D eigenvalue weighted by Crippen LogP contribution is -2.26. The number of nitrogens with one attached hydrogen (secondary N) is 2. The second-order valence-electron chi connectivity index (χ2n) is 10.3. The predicted molar refractivity (Wildman–Crippen MR) is 153 cm³/mol. The Morgan fingerprint density at radius 1 is 1.21 bits per heavy atom. The molecule has 2 N–H and O–H groups in total. The van der Waals surface area contributed by atoms with Gasteiger partial charge in [0.1, 0.15) is 16.9 Å². The van der Waals surface area contributed by atoms with Gasteiger partial charge in [-0.3, -0.25) is 9.59 Å². The van der Waals surface area contributed by atoms with Crippen LogP contribution in [0.15, 0.2) is 23.4 Å². The molecule has 0 aliphatic heterocycles. The third kappa shape index (κ3) is 6.52. The molecule has 0 spiro atoms. The first-order chi connectivity index (χ1) is 18.0. The van der Waals surface area contributed by atoms with Gasteiger partial charge in [-0.15, -0.1) is 21.5 Å². The molecule has 4 rings (SSSR count). The number of carbonyl (C=O) groups is 2. The summed E-state index contributed by atoms with van der Waals surface area (Å²) in [4.78, 5) is 26.4. The second-order valence-corrected chi connectivity index (χ2v) is 13.1. The van der Waals surface area contributed by atoms with Gasteiger partial charge in [0.25, 0.3) is 0 Å². The summed E-state index contributed by atoms with van der Waals surface area (Å²) in [6.45, 7) is 6.75. The molecule has 2 amide bonds. The highest BCUT2D eigenvalue weighted by Crippen LogP contribution is 2.44. The molecule has 2 heterocycles. The van der Waals surface area contributed by atoms with Crippen molar-refractivity contribution in [1.29, 1.82) is 5.26 Å². The molecule has 1 aromatic carbocycles. The molecular formula is C26H28Cl2N6O2S2. The minimum atomic E-state index is -0.285. The van der Waals surface area contributed by atoms with E-state index in [2.05, 4.69) is 47.7 Å². The van der Waals surface area contributed by atoms with Gasteiger partial charge in [0.2, 0.25) is 11.8 Å². The maximum atomic E-state index is 12.8. The quantitative estimate of drug-likeness (QED) is 0.320. The summed E-state index contributed by atoms with van der Waals surface area (Å²) in [7, 11) is 1.74. The summed E-state index contributed by atoms with van der Waals surface area (Å²) in [6.07, 6.45) is 2.84. The van der Waals surface area contributed by atoms with Crippen LogP contribution in [0.1, 0.15) is 49.0 Å². The van der Waals surface area contributed by atoms with E-state index < -0.39 is 0 Å². The summed E-state index contributed by atoms with van der Waals surface area (Å²) in [5.41, 5.74) is 2.40. The number of amides is 2. The third-order valence-corrected chi connectivity index (χ3v) is 9.56. The van der Waals surface area contributed by atoms with Gasteiger partial charge < -0.3 is 15.2 Å². The van der Waals surface area contributed by atoms with Gasteiger partial charge in [-0.2, -0.15) is 5.26 Å². The number of nitriles is 1. The zero-order valence-corrected chi connectivity index (χ0v) is 24.7. The molecule has 1 aliphatic rings. The van der Waals surface area contributed by atoms with Gasteiger partial charge in [0.15, 0.2) is 5.16 Å². The number of fused-ring (bicyclic) bond motifs is 1. The van der Waals surface area contributed by atoms with Crippen molar-refractivity contribution in [2.45, 2.75) is 51.6 Å². The van der Waals surface area contributed by atoms with Crippen LogP contribution in [0.4, 0.5) is 10.7 Å². The second kappa shape index (κ2) is 11.7. The first-order valence-electron chi connectivity index (χ1n) is 12.1. The van der Waals surface area contributed by atoms with E-state index >= 15 is 0 Å². The Balaban J connectivity index is 1.34. The van der Waals surface area contributed by atoms with Gasteiger partial charge >= 0.3 is 0 Å². The van der Waals surface area contributed by atoms with E-state index in [1.165, 1.54) is 28.0 Å². The van der Waals surface area contributed by atoms with Gasteiger partial charge in [-0.25, -0.2) is 0 Å². The molecule has 0 unspecified atom stereocenters. The Morgan fingerprint density at radius 3 is 2.66 bits per heavy atom. The van der Waals surface area contributed by atoms with Crippen LogP contribution >= 0.6 is 46.3 Å². The lowest BCUT2D eigenvalue weighted by molar-refractivity contribution is -0.116. The standard InChI is InChI=1S/C26H28Cl2N6O2S2/c1-26(2,3)14-5-7-16-17(12-29)24(38-20(16)9-14)31-23(36)13-37-25-33-32-21(34(25)4)11-22(35)30-15-6-8-18(27)19(28)10-15/h6,8,10,14H,5,7,9,11,13H2,1-4H3,(H,30,35)(H,31,36)/t14-/m0/s1. The monoisotopic (exact) mass is 590 g/mol. The van der Waals surface area contributed by atoms with Crippen LogP contribution in [0.2, 0.25) is 10.0 Å². The largest absolute Gasteiger partial charge is 0.326 e. The fourth-order valence-corrected chi connectivity index (χ4v) is 6.69. The number of rotatable bonds is 7. The van der Waals surface area contributed by atoms with Gasteiger partial charge in [-0.1, -0.05) is 55.7 Å². The van der Waals surface area contributed by atoms with Crippen molar-refractivity contribution in [3.8, 4) is 6.07 Å². The van der Waals surface area contributed by atoms with E-state index in [0.717, 1.165) is 24.8 Å². The number of hydrogen-bond acceptors (Lipinski definition) is 7. The summed E-state index contributed by atoms with van der Waals surface area (Å²) < 4.78 is 1.68. The zero-order chi connectivity index (χ0) is 27.6. The minimum Gasteiger partial charge on any atom is -0.326 e. The summed E-state index contributed by atoms with van der Waals surface area (Å²) in [5.74, 6) is 0.596. The van der Waals surface area contributed by atoms with E-state index in [-0.39, 0.29) is 29.4 Å². The van der Waals surface area contributed by atoms with Crippen molar-refractivity contribution >= 4 is 68.8 Å². The number of thiophene rings is 1. The van der Waals surface area contributed by atoms with E-state index in [1.54, 1.807) is 29.8 Å². The van der Waals surface area contributed by atoms with Gasteiger partial charge in [0.05, 0.1) is 27.8 Å². The molecule has 1 atom stereocenters. The highest BCUT2D eigenvalue weighted by atomic mass is 35.5. The molecule has 0 saturated carbocycles. The summed E-state index contributed by atoms with van der Waals surface area (Å²) >= 11 is 14.7. The van der Waals surface area contributed by atoms with Crippen LogP contribution in [-0.4, -0.2) is 32.3 Å². The van der Waals surface area contributed by atoms with Crippen LogP contribution in [0.5, 0.6) is 0 Å². The molecular weight excluding hydrogens is 563 g/mol. The lowest BCUT2D eigenvalue weighted by Gasteiger charge is -2.33. The Bertz CT molecular complexity index is 1420. The Morgan fingerprint density at radius 2 is 1.97 bits per heavy atom. The number of halogens is 2. The molecule has 0 saturated heterocycles. The molecule has 0 bridgehead atoms. The van der Waals surface area contributed by atoms with E-state index in [9.17, 15) is 14.9 Å². The SMILES string of the molecule is Cn1c(CC(=O)Nc2ccc(Cl)c(Cl)c2)nnc1SCC(=O)Nc1sc2c(c1C#N)CC[C@H](C(C)(C)C)C2. The van der Waals surface area contributed by atoms with Crippen molar-refractivity contribution in [3.05, 3.63) is 50.1 Å². The lowest BCUT2D eigenvalue weighted by atomic mass is 9.72. The number of anilines is 2. The van der Waals surface area contributed by atoms with Crippen LogP contribution in [0.25, 0.3) is 0 Å². The summed E-state index contributed by atoms with van der Waals surface area (Å²) in [6, 6.07) is 7.14. The average molecular weight is 592 g/mol. The fraction of sp³-hybridized carbons (Fsp3) is 0.423. The van der Waals surface area contributed by atoms with Crippen LogP contribution in [-0.2, 0) is 35.9 Å². The number of hydrogen-bond donors (Lipinski definition) is 2. The average Bonchev–Trinajstić information content (AvgIpc) is 3.37. The molecule has 38 heavy (non-hydrogen) atoms. The maximum absolute atomic E-state index is 12.8. The highest BCUT2D eigenvalue weighted by Gasteiger charge is 2.32. The number of nitrogens with zero attached hydrogens (tertiary/aromatic N) is 4. The predicted octanol–water partition coefficient (Wildman–Crippen LogP) is 6.12. The topological polar surface area (TPSA) is 113 Å². The van der Waals surface area contributed by atoms with Crippen molar-refractivity contribution in [2.24, 2.45) is 18.4 Å². The molecule has 8 nitrogen and oxygen atoms in total. The van der Waals surface area contributed by atoms with Crippen molar-refractivity contribution in [2.75, 3.05) is 16.4 Å². The fourth-order valence-electron chi connectivity index (χ4n) is 4.37. The Hall–Kier alpha value is -2.58. The molecule has 0 fully saturated rings. The highest BCUT2D eigenvalue weighted by molar-refractivity contribution is 7.99. The van der Waals surface area contributed by atoms with E-state index in [1.807, 2.05) is 0 Å². The third-order valence-electron chi connectivity index (χ3n) is 6.63. The number of carbonyl (C=O) groups excluding carboxylic acids is 2. The first-order valence-corrected chi connectivity index (χ1v) is 14.6. The van der Waals surface area contributed by atoms with Crippen LogP contribution < -0.4 is 10.6 Å². The zero-order valence-electron chi connectivity index (χ0n) is 21.5. The maximum Gasteiger partial charge on any atom is 0.235 e. The molecule has 12 heteroatoms. The number of aromatic nitrogens is 3. The molecule has 2 aromatic heterocycles. The number of thioether (sulfide) groups is 1. The normalized spacial score (nSPS) is 15.0. The number of benzene rings is 1. The van der Waals surface area contributed by atoms with Gasteiger partial charge in [-0.05, 0) is 54.4 Å². The van der Waals surface area contributed by atoms with Crippen molar-refractivity contribution in [1.82, 2.24) is 14.8 Å². The van der Waals surface area contributed by atoms with Gasteiger partial charge in [0, 0.05) is 17.6 Å². The molecule has 200 valence electrons. The Kier molecular flexibility index (Phi) is 8.72. The first kappa shape index (κ1) is 28.4. The smallest absolute Gasteiger partial charge is 0.235 e. The summed E-state index contributed by atoms with van der Waals surface area (Å²) in [5, 5.41) is 25.6. The molecule has 3 aromatic rings. The Labute approximate surface area is 240 Å². The van der Waals surface area contributed by atoms with Crippen molar-refractivity contribution < 1.29 is 9.59 Å². The van der Waals surface area contributed by atoms with E-state index in [0.29, 0.717) is 43.2 Å². The molecule has 1 aliphatic carbocycles. The minimum absolute atomic E-state index is 0.00165. The van der Waals surface area contributed by atoms with Crippen LogP contribution in [0.3, 0.4) is 0 Å².